The maximum Gasteiger partial charge on any atom is 0.223 e. The zero-order chi connectivity index (χ0) is 20.7. The van der Waals surface area contributed by atoms with Gasteiger partial charge in [-0.05, 0) is 31.7 Å². The first-order valence-electron chi connectivity index (χ1n) is 9.82. The molecule has 2 aromatic heterocycles. The molecule has 0 aliphatic heterocycles. The number of Topliss-reactive ketones (excluding diaryl/α,β-unsaturated/α-hetero) is 1. The van der Waals surface area contributed by atoms with Crippen LogP contribution in [0.15, 0.2) is 30.3 Å². The minimum atomic E-state index is -0.138. The Bertz CT molecular complexity index is 1080. The van der Waals surface area contributed by atoms with E-state index < -0.39 is 0 Å². The van der Waals surface area contributed by atoms with Gasteiger partial charge in [-0.3, -0.25) is 14.3 Å². The maximum atomic E-state index is 13.2. The van der Waals surface area contributed by atoms with Crippen LogP contribution in [0.5, 0.6) is 0 Å². The lowest BCUT2D eigenvalue weighted by molar-refractivity contribution is -0.114. The van der Waals surface area contributed by atoms with Crippen molar-refractivity contribution < 1.29 is 9.59 Å². The Kier molecular flexibility index (Phi) is 5.08. The number of hydrogen-bond donors (Lipinski definition) is 1. The zero-order valence-electron chi connectivity index (χ0n) is 17.0. The third-order valence-electron chi connectivity index (χ3n) is 5.10. The lowest BCUT2D eigenvalue weighted by Crippen LogP contribution is -2.13. The SMILES string of the molecule is CC(=O)Nc1nc2c(s1)-c1c(c(C(=O)Cc3ccccc3)nn1C(C)C)C(C)C2. The average Bonchev–Trinajstić information content (AvgIpc) is 3.23. The molecular formula is C22H24N4O2S. The summed E-state index contributed by atoms with van der Waals surface area (Å²) in [5.74, 6) is 0.0289. The minimum Gasteiger partial charge on any atom is -0.302 e. The van der Waals surface area contributed by atoms with Crippen molar-refractivity contribution in [1.82, 2.24) is 14.8 Å². The highest BCUT2D eigenvalue weighted by Crippen LogP contribution is 2.46. The molecule has 0 radical (unpaired) electrons. The topological polar surface area (TPSA) is 76.9 Å². The van der Waals surface area contributed by atoms with Crippen LogP contribution in [0.3, 0.4) is 0 Å². The first-order chi connectivity index (χ1) is 13.8. The molecule has 1 amide bonds. The number of nitrogens with one attached hydrogen (secondary N) is 1. The Hall–Kier alpha value is -2.80. The monoisotopic (exact) mass is 408 g/mol. The molecule has 0 saturated heterocycles. The first-order valence-corrected chi connectivity index (χ1v) is 10.6. The van der Waals surface area contributed by atoms with Crippen LogP contribution in [0, 0.1) is 0 Å². The Balaban J connectivity index is 1.81. The predicted molar refractivity (Wildman–Crippen MR) is 115 cm³/mol. The third kappa shape index (κ3) is 3.62. The van der Waals surface area contributed by atoms with Crippen LogP contribution in [0.1, 0.15) is 67.0 Å². The lowest BCUT2D eigenvalue weighted by Gasteiger charge is -2.20. The van der Waals surface area contributed by atoms with Gasteiger partial charge in [-0.1, -0.05) is 48.6 Å². The van der Waals surface area contributed by atoms with Crippen molar-refractivity contribution in [1.29, 1.82) is 0 Å². The Morgan fingerprint density at radius 3 is 2.66 bits per heavy atom. The molecular weight excluding hydrogens is 384 g/mol. The summed E-state index contributed by atoms with van der Waals surface area (Å²) >= 11 is 1.45. The molecule has 1 aliphatic carbocycles. The van der Waals surface area contributed by atoms with Crippen LogP contribution in [-0.4, -0.2) is 26.5 Å². The molecule has 1 unspecified atom stereocenters. The van der Waals surface area contributed by atoms with Gasteiger partial charge in [0.1, 0.15) is 5.69 Å². The van der Waals surface area contributed by atoms with E-state index >= 15 is 0 Å². The molecule has 1 aliphatic rings. The summed E-state index contributed by atoms with van der Waals surface area (Å²) in [6.07, 6.45) is 1.07. The molecule has 6 nitrogen and oxygen atoms in total. The van der Waals surface area contributed by atoms with Crippen molar-refractivity contribution >= 4 is 28.2 Å². The number of ketones is 1. The minimum absolute atomic E-state index is 0.0359. The van der Waals surface area contributed by atoms with E-state index in [1.165, 1.54) is 18.3 Å². The highest BCUT2D eigenvalue weighted by atomic mass is 32.1. The number of benzene rings is 1. The highest BCUT2D eigenvalue weighted by Gasteiger charge is 2.35. The fourth-order valence-electron chi connectivity index (χ4n) is 3.86. The van der Waals surface area contributed by atoms with Gasteiger partial charge in [0.2, 0.25) is 5.91 Å². The van der Waals surface area contributed by atoms with Crippen molar-refractivity contribution in [3.63, 3.8) is 0 Å². The molecule has 1 atom stereocenters. The molecule has 4 rings (SSSR count). The molecule has 0 spiro atoms. The molecule has 0 saturated carbocycles. The molecule has 3 aromatic rings. The second-order valence-electron chi connectivity index (χ2n) is 7.82. The fraction of sp³-hybridized carbons (Fsp3) is 0.364. The standard InChI is InChI=1S/C22H24N4O2S/c1-12(2)26-20-18(19(25-26)17(28)11-15-8-6-5-7-9-15)13(3)10-16-21(20)29-22(24-16)23-14(4)27/h5-9,12-13H,10-11H2,1-4H3,(H,23,24,27). The number of carbonyl (C=O) groups excluding carboxylic acids is 2. The van der Waals surface area contributed by atoms with Gasteiger partial charge in [0.25, 0.3) is 0 Å². The van der Waals surface area contributed by atoms with Crippen LogP contribution in [0.4, 0.5) is 5.13 Å². The summed E-state index contributed by atoms with van der Waals surface area (Å²) in [5.41, 5.74) is 4.48. The van der Waals surface area contributed by atoms with Gasteiger partial charge in [0, 0.05) is 24.9 Å². The molecule has 7 heteroatoms. The number of anilines is 1. The maximum absolute atomic E-state index is 13.2. The fourth-order valence-corrected chi connectivity index (χ4v) is 4.95. The Labute approximate surface area is 174 Å². The summed E-state index contributed by atoms with van der Waals surface area (Å²) < 4.78 is 1.94. The van der Waals surface area contributed by atoms with E-state index in [-0.39, 0.29) is 23.7 Å². The number of nitrogens with zero attached hydrogens (tertiary/aromatic N) is 3. The smallest absolute Gasteiger partial charge is 0.223 e. The lowest BCUT2D eigenvalue weighted by atomic mass is 9.86. The number of hydrogen-bond acceptors (Lipinski definition) is 5. The molecule has 2 heterocycles. The van der Waals surface area contributed by atoms with Crippen molar-refractivity contribution in [3.8, 4) is 10.6 Å². The van der Waals surface area contributed by atoms with Crippen LogP contribution in [-0.2, 0) is 17.6 Å². The van der Waals surface area contributed by atoms with Gasteiger partial charge in [0.15, 0.2) is 10.9 Å². The summed E-state index contributed by atoms with van der Waals surface area (Å²) in [5, 5.41) is 8.15. The van der Waals surface area contributed by atoms with Crippen molar-refractivity contribution in [2.45, 2.75) is 52.5 Å². The molecule has 0 bridgehead atoms. The van der Waals surface area contributed by atoms with Crippen molar-refractivity contribution in [2.75, 3.05) is 5.32 Å². The van der Waals surface area contributed by atoms with Crippen LogP contribution in [0.2, 0.25) is 0 Å². The number of aromatic nitrogens is 3. The van der Waals surface area contributed by atoms with Crippen molar-refractivity contribution in [2.24, 2.45) is 0 Å². The first kappa shape index (κ1) is 19.5. The van der Waals surface area contributed by atoms with Crippen molar-refractivity contribution in [3.05, 3.63) is 52.8 Å². The highest BCUT2D eigenvalue weighted by molar-refractivity contribution is 7.19. The summed E-state index contributed by atoms with van der Waals surface area (Å²) in [7, 11) is 0. The molecule has 1 N–H and O–H groups in total. The van der Waals surface area contributed by atoms with E-state index in [1.54, 1.807) is 0 Å². The molecule has 29 heavy (non-hydrogen) atoms. The Morgan fingerprint density at radius 1 is 1.28 bits per heavy atom. The second-order valence-corrected chi connectivity index (χ2v) is 8.82. The van der Waals surface area contributed by atoms with Gasteiger partial charge in [-0.2, -0.15) is 5.10 Å². The zero-order valence-corrected chi connectivity index (χ0v) is 17.8. The number of amides is 1. The Morgan fingerprint density at radius 2 is 2.00 bits per heavy atom. The van der Waals surface area contributed by atoms with E-state index in [1.807, 2.05) is 35.0 Å². The number of fused-ring (bicyclic) bond motifs is 3. The molecule has 150 valence electrons. The largest absolute Gasteiger partial charge is 0.302 e. The third-order valence-corrected chi connectivity index (χ3v) is 6.12. The van der Waals surface area contributed by atoms with E-state index in [9.17, 15) is 9.59 Å². The number of rotatable bonds is 5. The van der Waals surface area contributed by atoms with Gasteiger partial charge < -0.3 is 5.32 Å². The summed E-state index contributed by atoms with van der Waals surface area (Å²) in [6.45, 7) is 7.72. The van der Waals surface area contributed by atoms with E-state index in [4.69, 9.17) is 5.10 Å². The van der Waals surface area contributed by atoms with Gasteiger partial charge >= 0.3 is 0 Å². The summed E-state index contributed by atoms with van der Waals surface area (Å²) in [6, 6.07) is 9.87. The number of carbonyl (C=O) groups is 2. The van der Waals surface area contributed by atoms with Gasteiger partial charge in [0.05, 0.1) is 16.3 Å². The van der Waals surface area contributed by atoms with Crippen LogP contribution < -0.4 is 5.32 Å². The molecule has 0 fully saturated rings. The normalized spacial score (nSPS) is 15.1. The number of thiazole rings is 1. The average molecular weight is 409 g/mol. The molecule has 1 aromatic carbocycles. The second kappa shape index (κ2) is 7.55. The van der Waals surface area contributed by atoms with Gasteiger partial charge in [-0.15, -0.1) is 0 Å². The van der Waals surface area contributed by atoms with E-state index in [0.29, 0.717) is 17.2 Å². The predicted octanol–water partition coefficient (Wildman–Crippen LogP) is 4.63. The quantitative estimate of drug-likeness (QED) is 0.625. The van der Waals surface area contributed by atoms with Crippen LogP contribution in [0.25, 0.3) is 10.6 Å². The van der Waals surface area contributed by atoms with Gasteiger partial charge in [-0.25, -0.2) is 4.98 Å². The summed E-state index contributed by atoms with van der Waals surface area (Å²) in [4.78, 5) is 30.3. The van der Waals surface area contributed by atoms with E-state index in [0.717, 1.165) is 33.8 Å². The van der Waals surface area contributed by atoms with E-state index in [2.05, 4.69) is 31.1 Å². The van der Waals surface area contributed by atoms with Crippen LogP contribution >= 0.6 is 11.3 Å².